The van der Waals surface area contributed by atoms with Crippen molar-refractivity contribution in [3.63, 3.8) is 0 Å². The van der Waals surface area contributed by atoms with Crippen molar-refractivity contribution < 1.29 is 14.7 Å². The second-order valence-electron chi connectivity index (χ2n) is 4.10. The Hall–Kier alpha value is -1.10. The zero-order valence-corrected chi connectivity index (χ0v) is 11.0. The average Bonchev–Trinajstić information content (AvgIpc) is 2.28. The predicted molar refractivity (Wildman–Crippen MR) is 66.9 cm³/mol. The molecule has 0 radical (unpaired) electrons. The first kappa shape index (κ1) is 15.9. The smallest absolute Gasteiger partial charge is 0.303 e. The van der Waals surface area contributed by atoms with Gasteiger partial charge in [-0.3, -0.25) is 9.59 Å². The van der Waals surface area contributed by atoms with Crippen LogP contribution in [0.3, 0.4) is 0 Å². The number of hydrogen-bond acceptors (Lipinski definition) is 3. The number of nitrogens with one attached hydrogen (secondary N) is 1. The van der Waals surface area contributed by atoms with Gasteiger partial charge in [-0.1, -0.05) is 0 Å². The van der Waals surface area contributed by atoms with Gasteiger partial charge in [0.05, 0.1) is 0 Å². The highest BCUT2D eigenvalue weighted by Crippen LogP contribution is 1.97. The Kier molecular flexibility index (Phi) is 8.40. The molecule has 0 aliphatic heterocycles. The van der Waals surface area contributed by atoms with E-state index in [1.54, 1.807) is 4.90 Å². The summed E-state index contributed by atoms with van der Waals surface area (Å²) in [7, 11) is 0. The first-order valence-corrected chi connectivity index (χ1v) is 6.24. The van der Waals surface area contributed by atoms with E-state index in [-0.39, 0.29) is 18.4 Å². The van der Waals surface area contributed by atoms with Gasteiger partial charge in [-0.15, -0.1) is 0 Å². The molecule has 0 bridgehead atoms. The minimum Gasteiger partial charge on any atom is -0.481 e. The predicted octanol–water partition coefficient (Wildman–Crippen LogP) is 1.09. The molecule has 5 heteroatoms. The fraction of sp³-hybridized carbons (Fsp3) is 0.833. The van der Waals surface area contributed by atoms with Crippen molar-refractivity contribution >= 4 is 11.9 Å². The number of carbonyl (C=O) groups is 2. The van der Waals surface area contributed by atoms with E-state index < -0.39 is 5.97 Å². The molecule has 5 nitrogen and oxygen atoms in total. The number of hydrogen-bond donors (Lipinski definition) is 2. The number of carbonyl (C=O) groups excluding carboxylic acids is 1. The molecule has 0 heterocycles. The summed E-state index contributed by atoms with van der Waals surface area (Å²) in [6.07, 6.45) is 1.23. The number of carboxylic acid groups (broad SMARTS) is 1. The van der Waals surface area contributed by atoms with Crippen molar-refractivity contribution in [1.82, 2.24) is 10.2 Å². The summed E-state index contributed by atoms with van der Waals surface area (Å²) in [6.45, 7) is 7.95. The summed E-state index contributed by atoms with van der Waals surface area (Å²) in [4.78, 5) is 23.8. The third-order valence-electron chi connectivity index (χ3n) is 2.74. The van der Waals surface area contributed by atoms with Crippen LogP contribution < -0.4 is 5.32 Å². The number of carboxylic acids is 1. The van der Waals surface area contributed by atoms with Crippen LogP contribution >= 0.6 is 0 Å². The van der Waals surface area contributed by atoms with E-state index in [1.165, 1.54) is 0 Å². The lowest BCUT2D eigenvalue weighted by molar-refractivity contribution is -0.137. The number of amides is 1. The molecule has 1 atom stereocenters. The van der Waals surface area contributed by atoms with E-state index >= 15 is 0 Å². The Morgan fingerprint density at radius 1 is 1.24 bits per heavy atom. The van der Waals surface area contributed by atoms with E-state index in [1.807, 2.05) is 20.8 Å². The molecule has 0 rings (SSSR count). The van der Waals surface area contributed by atoms with Crippen LogP contribution in [-0.4, -0.2) is 47.6 Å². The normalized spacial score (nSPS) is 12.2. The maximum absolute atomic E-state index is 11.6. The Balaban J connectivity index is 3.68. The Morgan fingerprint density at radius 3 is 2.29 bits per heavy atom. The molecule has 0 aliphatic carbocycles. The molecule has 0 saturated heterocycles. The number of nitrogens with zero attached hydrogens (tertiary/aromatic N) is 1. The van der Waals surface area contributed by atoms with Gasteiger partial charge in [0, 0.05) is 38.5 Å². The highest BCUT2D eigenvalue weighted by molar-refractivity contribution is 5.76. The first-order chi connectivity index (χ1) is 8.01. The summed E-state index contributed by atoms with van der Waals surface area (Å²) in [5.41, 5.74) is 0. The monoisotopic (exact) mass is 244 g/mol. The largest absolute Gasteiger partial charge is 0.481 e. The molecule has 1 unspecified atom stereocenters. The van der Waals surface area contributed by atoms with Gasteiger partial charge in [0.25, 0.3) is 0 Å². The molecule has 1 amide bonds. The summed E-state index contributed by atoms with van der Waals surface area (Å²) in [5.74, 6) is -0.634. The molecule has 100 valence electrons. The Morgan fingerprint density at radius 2 is 1.82 bits per heavy atom. The fourth-order valence-electron chi connectivity index (χ4n) is 1.60. The van der Waals surface area contributed by atoms with Crippen LogP contribution in [0.5, 0.6) is 0 Å². The van der Waals surface area contributed by atoms with Gasteiger partial charge in [-0.05, 0) is 27.2 Å². The van der Waals surface area contributed by atoms with Gasteiger partial charge >= 0.3 is 5.97 Å². The van der Waals surface area contributed by atoms with E-state index in [0.29, 0.717) is 19.4 Å². The summed E-state index contributed by atoms with van der Waals surface area (Å²) in [6, 6.07) is 0.135. The molecule has 0 fully saturated rings. The lowest BCUT2D eigenvalue weighted by Crippen LogP contribution is -2.35. The van der Waals surface area contributed by atoms with Crippen LogP contribution in [0.2, 0.25) is 0 Å². The molecule has 0 aliphatic rings. The topological polar surface area (TPSA) is 69.6 Å². The number of rotatable bonds is 9. The van der Waals surface area contributed by atoms with Crippen LogP contribution in [0.15, 0.2) is 0 Å². The van der Waals surface area contributed by atoms with Gasteiger partial charge in [0.2, 0.25) is 5.91 Å². The van der Waals surface area contributed by atoms with Crippen LogP contribution in [0.4, 0.5) is 0 Å². The summed E-state index contributed by atoms with van der Waals surface area (Å²) in [5, 5.41) is 11.7. The van der Waals surface area contributed by atoms with E-state index in [9.17, 15) is 9.59 Å². The highest BCUT2D eigenvalue weighted by Gasteiger charge is 2.10. The fourth-order valence-corrected chi connectivity index (χ4v) is 1.60. The van der Waals surface area contributed by atoms with Crippen LogP contribution in [0.1, 0.15) is 40.0 Å². The minimum atomic E-state index is -0.780. The van der Waals surface area contributed by atoms with Crippen LogP contribution in [-0.2, 0) is 9.59 Å². The molecule has 0 aromatic heterocycles. The Labute approximate surface area is 103 Å². The molecule has 0 aromatic rings. The van der Waals surface area contributed by atoms with Crippen molar-refractivity contribution in [2.75, 3.05) is 19.6 Å². The van der Waals surface area contributed by atoms with E-state index in [0.717, 1.165) is 13.1 Å². The van der Waals surface area contributed by atoms with Gasteiger partial charge in [-0.2, -0.15) is 0 Å². The third-order valence-corrected chi connectivity index (χ3v) is 2.74. The zero-order chi connectivity index (χ0) is 13.3. The van der Waals surface area contributed by atoms with E-state index in [4.69, 9.17) is 5.11 Å². The third kappa shape index (κ3) is 7.74. The standard InChI is InChI=1S/C12H24N2O3/c1-4-14(5-2)11(15)8-9-13-10(3)6-7-12(16)17/h10,13H,4-9H2,1-3H3,(H,16,17). The minimum absolute atomic E-state index is 0.135. The van der Waals surface area contributed by atoms with Crippen LogP contribution in [0, 0.1) is 0 Å². The summed E-state index contributed by atoms with van der Waals surface area (Å²) >= 11 is 0. The lowest BCUT2D eigenvalue weighted by atomic mass is 10.2. The maximum atomic E-state index is 11.6. The summed E-state index contributed by atoms with van der Waals surface area (Å²) < 4.78 is 0. The van der Waals surface area contributed by atoms with Crippen molar-refractivity contribution in [3.05, 3.63) is 0 Å². The average molecular weight is 244 g/mol. The molecule has 0 spiro atoms. The molecule has 0 aromatic carbocycles. The SMILES string of the molecule is CCN(CC)C(=O)CCNC(C)CCC(=O)O. The van der Waals surface area contributed by atoms with Crippen molar-refractivity contribution in [3.8, 4) is 0 Å². The molecule has 2 N–H and O–H groups in total. The molecular weight excluding hydrogens is 220 g/mol. The van der Waals surface area contributed by atoms with Gasteiger partial charge in [-0.25, -0.2) is 0 Å². The van der Waals surface area contributed by atoms with Crippen LogP contribution in [0.25, 0.3) is 0 Å². The quantitative estimate of drug-likeness (QED) is 0.637. The Bertz CT molecular complexity index is 240. The van der Waals surface area contributed by atoms with Crippen molar-refractivity contribution in [1.29, 1.82) is 0 Å². The lowest BCUT2D eigenvalue weighted by Gasteiger charge is -2.19. The highest BCUT2D eigenvalue weighted by atomic mass is 16.4. The maximum Gasteiger partial charge on any atom is 0.303 e. The van der Waals surface area contributed by atoms with Gasteiger partial charge < -0.3 is 15.3 Å². The first-order valence-electron chi connectivity index (χ1n) is 6.24. The second-order valence-corrected chi connectivity index (χ2v) is 4.10. The molecular formula is C12H24N2O3. The molecule has 0 saturated carbocycles. The van der Waals surface area contributed by atoms with Gasteiger partial charge in [0.1, 0.15) is 0 Å². The van der Waals surface area contributed by atoms with Gasteiger partial charge in [0.15, 0.2) is 0 Å². The zero-order valence-electron chi connectivity index (χ0n) is 11.0. The number of aliphatic carboxylic acids is 1. The van der Waals surface area contributed by atoms with Crippen molar-refractivity contribution in [2.24, 2.45) is 0 Å². The second kappa shape index (κ2) is 8.98. The van der Waals surface area contributed by atoms with Crippen molar-refractivity contribution in [2.45, 2.75) is 46.1 Å². The van der Waals surface area contributed by atoms with E-state index in [2.05, 4.69) is 5.32 Å². The molecule has 17 heavy (non-hydrogen) atoms.